The third kappa shape index (κ3) is 3.39. The zero-order chi connectivity index (χ0) is 12.3. The summed E-state index contributed by atoms with van der Waals surface area (Å²) in [6.45, 7) is 4.14. The van der Waals surface area contributed by atoms with Crippen LogP contribution in [0.3, 0.4) is 0 Å². The van der Waals surface area contributed by atoms with Gasteiger partial charge in [-0.25, -0.2) is 5.01 Å². The number of rotatable bonds is 2. The largest absolute Gasteiger partial charge is 0.353 e. The Kier molecular flexibility index (Phi) is 3.93. The van der Waals surface area contributed by atoms with E-state index >= 15 is 0 Å². The molecule has 2 fully saturated rings. The summed E-state index contributed by atoms with van der Waals surface area (Å²) >= 11 is 0. The Morgan fingerprint density at radius 2 is 2.06 bits per heavy atom. The number of likely N-dealkylation sites (N-methyl/N-ethyl adjacent to an activating group) is 1. The van der Waals surface area contributed by atoms with E-state index in [1.807, 2.05) is 5.01 Å². The number of hydrogen-bond acceptors (Lipinski definition) is 5. The summed E-state index contributed by atoms with van der Waals surface area (Å²) in [5.41, 5.74) is 2.88. The summed E-state index contributed by atoms with van der Waals surface area (Å²) in [7, 11) is 2.07. The van der Waals surface area contributed by atoms with Gasteiger partial charge >= 0.3 is 0 Å². The fourth-order valence-electron chi connectivity index (χ4n) is 1.90. The van der Waals surface area contributed by atoms with Crippen molar-refractivity contribution in [3.63, 3.8) is 0 Å². The number of nitrogens with one attached hydrogen (secondary N) is 3. The molecular weight excluding hydrogens is 222 g/mol. The molecule has 3 N–H and O–H groups in total. The molecule has 0 aromatic rings. The summed E-state index contributed by atoms with van der Waals surface area (Å²) in [6, 6.07) is -0.327. The molecule has 2 saturated heterocycles. The smallest absolute Gasteiger partial charge is 0.253 e. The first-order valence-electron chi connectivity index (χ1n) is 5.89. The molecule has 17 heavy (non-hydrogen) atoms. The van der Waals surface area contributed by atoms with Crippen LogP contribution in [0.25, 0.3) is 0 Å². The number of amides is 2. The standard InChI is InChI=1S/C10H19N5O2/c1-14-2-4-15(5-3-14)13-10(17)8-6-12-9(16)7-11-8/h8,11H,2-7H2,1H3,(H,12,16)(H,13,17). The molecule has 2 amide bonds. The molecule has 7 nitrogen and oxygen atoms in total. The number of carbonyl (C=O) groups is 2. The van der Waals surface area contributed by atoms with E-state index in [9.17, 15) is 9.59 Å². The average molecular weight is 241 g/mol. The Morgan fingerprint density at radius 1 is 1.35 bits per heavy atom. The minimum absolute atomic E-state index is 0.0614. The Hall–Kier alpha value is -1.18. The number of nitrogens with zero attached hydrogens (tertiary/aromatic N) is 2. The Morgan fingerprint density at radius 3 is 2.65 bits per heavy atom. The Labute approximate surface area is 100 Å². The zero-order valence-corrected chi connectivity index (χ0v) is 10.0. The van der Waals surface area contributed by atoms with Crippen LogP contribution in [0.2, 0.25) is 0 Å². The van der Waals surface area contributed by atoms with Crippen LogP contribution in [-0.2, 0) is 9.59 Å². The second-order valence-corrected chi connectivity index (χ2v) is 4.50. The second kappa shape index (κ2) is 5.44. The molecule has 0 saturated carbocycles. The van der Waals surface area contributed by atoms with Gasteiger partial charge < -0.3 is 10.2 Å². The fraction of sp³-hybridized carbons (Fsp3) is 0.800. The maximum atomic E-state index is 11.9. The third-order valence-electron chi connectivity index (χ3n) is 3.10. The molecule has 96 valence electrons. The lowest BCUT2D eigenvalue weighted by atomic mass is 10.2. The molecule has 7 heteroatoms. The highest BCUT2D eigenvalue weighted by atomic mass is 16.2. The van der Waals surface area contributed by atoms with Gasteiger partial charge in [0.2, 0.25) is 5.91 Å². The van der Waals surface area contributed by atoms with Gasteiger partial charge in [-0.15, -0.1) is 0 Å². The molecule has 0 aliphatic carbocycles. The first-order chi connectivity index (χ1) is 8.15. The summed E-state index contributed by atoms with van der Waals surface area (Å²) in [4.78, 5) is 25.0. The number of hydrazine groups is 1. The van der Waals surface area contributed by atoms with Crippen molar-refractivity contribution in [1.29, 1.82) is 0 Å². The van der Waals surface area contributed by atoms with E-state index in [1.165, 1.54) is 0 Å². The van der Waals surface area contributed by atoms with Crippen molar-refractivity contribution < 1.29 is 9.59 Å². The van der Waals surface area contributed by atoms with Crippen molar-refractivity contribution in [1.82, 2.24) is 26.0 Å². The maximum absolute atomic E-state index is 11.9. The number of carbonyl (C=O) groups excluding carboxylic acids is 2. The van der Waals surface area contributed by atoms with E-state index in [4.69, 9.17) is 0 Å². The predicted octanol–water partition coefficient (Wildman–Crippen LogP) is -2.65. The van der Waals surface area contributed by atoms with Crippen LogP contribution in [0.5, 0.6) is 0 Å². The van der Waals surface area contributed by atoms with Gasteiger partial charge in [0, 0.05) is 32.7 Å². The van der Waals surface area contributed by atoms with E-state index in [-0.39, 0.29) is 24.4 Å². The first kappa shape index (κ1) is 12.3. The van der Waals surface area contributed by atoms with Crippen LogP contribution in [0, 0.1) is 0 Å². The molecule has 0 spiro atoms. The molecule has 2 heterocycles. The molecule has 1 unspecified atom stereocenters. The summed E-state index contributed by atoms with van der Waals surface area (Å²) in [6.07, 6.45) is 0. The highest BCUT2D eigenvalue weighted by molar-refractivity contribution is 5.86. The van der Waals surface area contributed by atoms with Crippen LogP contribution in [0.1, 0.15) is 0 Å². The van der Waals surface area contributed by atoms with Crippen LogP contribution in [0.4, 0.5) is 0 Å². The normalized spacial score (nSPS) is 27.6. The van der Waals surface area contributed by atoms with E-state index in [0.717, 1.165) is 26.2 Å². The van der Waals surface area contributed by atoms with Gasteiger partial charge in [-0.2, -0.15) is 0 Å². The Bertz CT molecular complexity index is 291. The number of hydrogen-bond donors (Lipinski definition) is 3. The van der Waals surface area contributed by atoms with Crippen molar-refractivity contribution in [2.75, 3.05) is 46.3 Å². The monoisotopic (exact) mass is 241 g/mol. The second-order valence-electron chi connectivity index (χ2n) is 4.50. The van der Waals surface area contributed by atoms with E-state index in [1.54, 1.807) is 0 Å². The van der Waals surface area contributed by atoms with Crippen molar-refractivity contribution >= 4 is 11.8 Å². The minimum atomic E-state index is -0.327. The van der Waals surface area contributed by atoms with Gasteiger partial charge in [0.05, 0.1) is 6.54 Å². The first-order valence-corrected chi connectivity index (χ1v) is 5.89. The fourth-order valence-corrected chi connectivity index (χ4v) is 1.90. The Balaban J connectivity index is 1.75. The molecule has 0 radical (unpaired) electrons. The lowest BCUT2D eigenvalue weighted by molar-refractivity contribution is -0.130. The van der Waals surface area contributed by atoms with Gasteiger partial charge in [-0.3, -0.25) is 20.3 Å². The lowest BCUT2D eigenvalue weighted by Crippen LogP contribution is -2.62. The van der Waals surface area contributed by atoms with Gasteiger partial charge in [-0.1, -0.05) is 0 Å². The van der Waals surface area contributed by atoms with Crippen molar-refractivity contribution in [2.45, 2.75) is 6.04 Å². The molecule has 1 atom stereocenters. The predicted molar refractivity (Wildman–Crippen MR) is 62.0 cm³/mol. The van der Waals surface area contributed by atoms with Crippen molar-refractivity contribution in [3.8, 4) is 0 Å². The van der Waals surface area contributed by atoms with Gasteiger partial charge in [0.25, 0.3) is 5.91 Å². The van der Waals surface area contributed by atoms with Gasteiger partial charge in [-0.05, 0) is 7.05 Å². The van der Waals surface area contributed by atoms with Gasteiger partial charge in [0.15, 0.2) is 0 Å². The van der Waals surface area contributed by atoms with Crippen LogP contribution in [-0.4, -0.2) is 74.1 Å². The minimum Gasteiger partial charge on any atom is -0.353 e. The highest BCUT2D eigenvalue weighted by Gasteiger charge is 2.25. The van der Waals surface area contributed by atoms with Crippen LogP contribution in [0.15, 0.2) is 0 Å². The van der Waals surface area contributed by atoms with Crippen molar-refractivity contribution in [3.05, 3.63) is 0 Å². The van der Waals surface area contributed by atoms with Gasteiger partial charge in [0.1, 0.15) is 6.04 Å². The van der Waals surface area contributed by atoms with E-state index in [0.29, 0.717) is 6.54 Å². The summed E-state index contributed by atoms with van der Waals surface area (Å²) in [5, 5.41) is 7.51. The topological polar surface area (TPSA) is 76.7 Å². The van der Waals surface area contributed by atoms with E-state index in [2.05, 4.69) is 28.0 Å². The molecule has 2 aliphatic heterocycles. The van der Waals surface area contributed by atoms with E-state index < -0.39 is 0 Å². The molecule has 2 aliphatic rings. The molecular formula is C10H19N5O2. The molecule has 0 aromatic heterocycles. The summed E-state index contributed by atoms with van der Waals surface area (Å²) < 4.78 is 0. The maximum Gasteiger partial charge on any atom is 0.253 e. The lowest BCUT2D eigenvalue weighted by Gasteiger charge is -2.34. The SMILES string of the molecule is CN1CCN(NC(=O)C2CNC(=O)CN2)CC1. The average Bonchev–Trinajstić information content (AvgIpc) is 2.33. The summed E-state index contributed by atoms with van der Waals surface area (Å²) in [5.74, 6) is -0.136. The number of piperazine rings is 2. The van der Waals surface area contributed by atoms with Crippen LogP contribution >= 0.6 is 0 Å². The zero-order valence-electron chi connectivity index (χ0n) is 10.0. The quantitative estimate of drug-likeness (QED) is 0.492. The van der Waals surface area contributed by atoms with Crippen molar-refractivity contribution in [2.24, 2.45) is 0 Å². The molecule has 0 bridgehead atoms. The third-order valence-corrected chi connectivity index (χ3v) is 3.10. The molecule has 2 rings (SSSR count). The van der Waals surface area contributed by atoms with Crippen LogP contribution < -0.4 is 16.1 Å². The highest BCUT2D eigenvalue weighted by Crippen LogP contribution is 1.97. The molecule has 0 aromatic carbocycles.